The van der Waals surface area contributed by atoms with E-state index in [1.165, 1.54) is 0 Å². The van der Waals surface area contributed by atoms with E-state index in [0.29, 0.717) is 23.4 Å². The third-order valence-corrected chi connectivity index (χ3v) is 6.48. The molecule has 0 saturated carbocycles. The van der Waals surface area contributed by atoms with Gasteiger partial charge in [0.1, 0.15) is 0 Å². The topological polar surface area (TPSA) is 57.6 Å². The highest BCUT2D eigenvalue weighted by Crippen LogP contribution is 2.43. The molecule has 5 heteroatoms. The minimum atomic E-state index is -1.85. The first-order valence-electron chi connectivity index (χ1n) is 10.00. The molecule has 0 aliphatic carbocycles. The van der Waals surface area contributed by atoms with Crippen LogP contribution in [0.4, 0.5) is 5.69 Å². The van der Waals surface area contributed by atoms with E-state index in [2.05, 4.69) is 20.8 Å². The van der Waals surface area contributed by atoms with Crippen LogP contribution in [0.2, 0.25) is 0 Å². The fourth-order valence-corrected chi connectivity index (χ4v) is 4.58. The molecule has 0 spiro atoms. The zero-order valence-corrected chi connectivity index (χ0v) is 18.2. The summed E-state index contributed by atoms with van der Waals surface area (Å²) in [5, 5.41) is 13.4. The monoisotopic (exact) mass is 419 g/mol. The maximum atomic E-state index is 13.3. The number of aliphatic hydroxyl groups is 1. The Labute approximate surface area is 180 Å². The van der Waals surface area contributed by atoms with Crippen LogP contribution >= 0.6 is 11.3 Å². The van der Waals surface area contributed by atoms with E-state index < -0.39 is 11.5 Å². The Balaban J connectivity index is 1.63. The molecule has 0 bridgehead atoms. The molecule has 4 nitrogen and oxygen atoms in total. The van der Waals surface area contributed by atoms with Gasteiger partial charge in [-0.1, -0.05) is 69.3 Å². The van der Waals surface area contributed by atoms with Crippen molar-refractivity contribution >= 4 is 28.7 Å². The number of ketones is 1. The normalized spacial score (nSPS) is 18.5. The zero-order chi connectivity index (χ0) is 21.5. The van der Waals surface area contributed by atoms with Gasteiger partial charge in [-0.25, -0.2) is 0 Å². The van der Waals surface area contributed by atoms with Crippen LogP contribution in [0, 0.1) is 0 Å². The first kappa shape index (κ1) is 20.5. The van der Waals surface area contributed by atoms with Crippen molar-refractivity contribution < 1.29 is 14.7 Å². The molecule has 4 rings (SSSR count). The van der Waals surface area contributed by atoms with E-state index >= 15 is 0 Å². The molecule has 1 unspecified atom stereocenters. The lowest BCUT2D eigenvalue weighted by molar-refractivity contribution is -0.136. The van der Waals surface area contributed by atoms with Crippen molar-refractivity contribution in [3.05, 3.63) is 87.6 Å². The standard InChI is InChI=1S/C25H25NO3S/c1-24(2,3)18-12-10-17(11-13-18)22(27)15-25(29)20-8-4-5-9-21(20)26(23(25)28)16-19-7-6-14-30-19/h4-14,29H,15-16H2,1-3H3. The summed E-state index contributed by atoms with van der Waals surface area (Å²) in [5.74, 6) is -0.698. The maximum Gasteiger partial charge on any atom is 0.264 e. The highest BCUT2D eigenvalue weighted by molar-refractivity contribution is 7.09. The number of hydrogen-bond acceptors (Lipinski definition) is 4. The lowest BCUT2D eigenvalue weighted by Gasteiger charge is -2.23. The fraction of sp³-hybridized carbons (Fsp3) is 0.280. The molecule has 1 atom stereocenters. The van der Waals surface area contributed by atoms with Gasteiger partial charge in [0.05, 0.1) is 18.7 Å². The summed E-state index contributed by atoms with van der Waals surface area (Å²) >= 11 is 1.56. The Morgan fingerprint density at radius 3 is 2.37 bits per heavy atom. The third kappa shape index (κ3) is 3.59. The number of amides is 1. The lowest BCUT2D eigenvalue weighted by atomic mass is 9.85. The number of benzene rings is 2. The van der Waals surface area contributed by atoms with Crippen molar-refractivity contribution in [2.24, 2.45) is 0 Å². The van der Waals surface area contributed by atoms with Gasteiger partial charge in [0.25, 0.3) is 5.91 Å². The predicted molar refractivity (Wildman–Crippen MR) is 120 cm³/mol. The minimum absolute atomic E-state index is 0.0115. The van der Waals surface area contributed by atoms with Gasteiger partial charge in [-0.3, -0.25) is 9.59 Å². The summed E-state index contributed by atoms with van der Waals surface area (Å²) in [4.78, 5) is 28.9. The van der Waals surface area contributed by atoms with Crippen LogP contribution in [0.3, 0.4) is 0 Å². The van der Waals surface area contributed by atoms with Crippen molar-refractivity contribution in [2.45, 2.75) is 44.8 Å². The number of hydrogen-bond donors (Lipinski definition) is 1. The summed E-state index contributed by atoms with van der Waals surface area (Å²) in [7, 11) is 0. The van der Waals surface area contributed by atoms with Gasteiger partial charge < -0.3 is 10.0 Å². The second kappa shape index (κ2) is 7.49. The van der Waals surface area contributed by atoms with Crippen LogP contribution in [-0.2, 0) is 22.4 Å². The molecular weight excluding hydrogens is 394 g/mol. The van der Waals surface area contributed by atoms with Crippen molar-refractivity contribution in [1.82, 2.24) is 0 Å². The average molecular weight is 420 g/mol. The summed E-state index contributed by atoms with van der Waals surface area (Å²) in [6.07, 6.45) is -0.279. The number of anilines is 1. The highest BCUT2D eigenvalue weighted by Gasteiger charge is 2.50. The number of carbonyl (C=O) groups is 2. The van der Waals surface area contributed by atoms with Crippen LogP contribution in [0.1, 0.15) is 53.6 Å². The molecule has 0 fully saturated rings. The van der Waals surface area contributed by atoms with Crippen LogP contribution in [0.25, 0.3) is 0 Å². The predicted octanol–water partition coefficient (Wildman–Crippen LogP) is 5.05. The average Bonchev–Trinajstić information content (AvgIpc) is 3.30. The molecule has 154 valence electrons. The molecule has 1 aliphatic heterocycles. The van der Waals surface area contributed by atoms with Crippen molar-refractivity contribution in [2.75, 3.05) is 4.90 Å². The molecule has 0 saturated heterocycles. The number of carbonyl (C=O) groups excluding carboxylic acids is 2. The minimum Gasteiger partial charge on any atom is -0.375 e. The van der Waals surface area contributed by atoms with E-state index in [-0.39, 0.29) is 17.6 Å². The second-order valence-corrected chi connectivity index (χ2v) is 9.81. The van der Waals surface area contributed by atoms with Gasteiger partial charge in [0, 0.05) is 16.0 Å². The molecule has 2 aromatic carbocycles. The fourth-order valence-electron chi connectivity index (χ4n) is 3.88. The Kier molecular flexibility index (Phi) is 5.12. The molecule has 1 aliphatic rings. The number of Topliss-reactive ketones (excluding diaryl/α,β-unsaturated/α-hetero) is 1. The molecule has 30 heavy (non-hydrogen) atoms. The molecule has 1 aromatic heterocycles. The molecule has 3 aromatic rings. The van der Waals surface area contributed by atoms with Crippen LogP contribution in [0.5, 0.6) is 0 Å². The van der Waals surface area contributed by atoms with Crippen LogP contribution in [-0.4, -0.2) is 16.8 Å². The third-order valence-electron chi connectivity index (χ3n) is 5.62. The Morgan fingerprint density at radius 2 is 1.73 bits per heavy atom. The summed E-state index contributed by atoms with van der Waals surface area (Å²) < 4.78 is 0. The number of fused-ring (bicyclic) bond motifs is 1. The van der Waals surface area contributed by atoms with E-state index in [1.54, 1.807) is 40.5 Å². The van der Waals surface area contributed by atoms with E-state index in [4.69, 9.17) is 0 Å². The summed E-state index contributed by atoms with van der Waals surface area (Å²) in [6.45, 7) is 6.72. The largest absolute Gasteiger partial charge is 0.375 e. The van der Waals surface area contributed by atoms with Crippen molar-refractivity contribution in [1.29, 1.82) is 0 Å². The smallest absolute Gasteiger partial charge is 0.264 e. The van der Waals surface area contributed by atoms with Crippen molar-refractivity contribution in [3.8, 4) is 0 Å². The number of para-hydroxylation sites is 1. The van der Waals surface area contributed by atoms with E-state index in [0.717, 1.165) is 10.4 Å². The molecule has 1 N–H and O–H groups in total. The van der Waals surface area contributed by atoms with Gasteiger partial charge >= 0.3 is 0 Å². The maximum absolute atomic E-state index is 13.3. The van der Waals surface area contributed by atoms with Gasteiger partial charge in [-0.2, -0.15) is 0 Å². The van der Waals surface area contributed by atoms with Crippen molar-refractivity contribution in [3.63, 3.8) is 0 Å². The quantitative estimate of drug-likeness (QED) is 0.589. The van der Waals surface area contributed by atoms with Crippen LogP contribution in [0.15, 0.2) is 66.0 Å². The van der Waals surface area contributed by atoms with Gasteiger partial charge in [-0.05, 0) is 28.5 Å². The number of thiophene rings is 1. The summed E-state index contributed by atoms with van der Waals surface area (Å²) in [6, 6.07) is 18.5. The highest BCUT2D eigenvalue weighted by atomic mass is 32.1. The first-order valence-corrected chi connectivity index (χ1v) is 10.9. The Morgan fingerprint density at radius 1 is 1.03 bits per heavy atom. The van der Waals surface area contributed by atoms with E-state index in [9.17, 15) is 14.7 Å². The van der Waals surface area contributed by atoms with Gasteiger partial charge in [0.15, 0.2) is 11.4 Å². The van der Waals surface area contributed by atoms with Gasteiger partial charge in [-0.15, -0.1) is 11.3 Å². The van der Waals surface area contributed by atoms with E-state index in [1.807, 2.05) is 41.8 Å². The molecule has 2 heterocycles. The molecule has 0 radical (unpaired) electrons. The Hall–Kier alpha value is -2.76. The number of rotatable bonds is 5. The van der Waals surface area contributed by atoms with Crippen LogP contribution < -0.4 is 4.90 Å². The second-order valence-electron chi connectivity index (χ2n) is 8.78. The SMILES string of the molecule is CC(C)(C)c1ccc(C(=O)CC2(O)C(=O)N(Cc3cccs3)c3ccccc32)cc1. The Bertz CT molecular complexity index is 1080. The summed E-state index contributed by atoms with van der Waals surface area (Å²) in [5.41, 5.74) is 0.914. The lowest BCUT2D eigenvalue weighted by Crippen LogP contribution is -2.41. The first-order chi connectivity index (χ1) is 14.2. The zero-order valence-electron chi connectivity index (χ0n) is 17.4. The molecular formula is C25H25NO3S. The number of nitrogens with zero attached hydrogens (tertiary/aromatic N) is 1. The molecule has 1 amide bonds. The van der Waals surface area contributed by atoms with Gasteiger partial charge in [0.2, 0.25) is 0 Å².